The third-order valence-electron chi connectivity index (χ3n) is 4.39. The first-order valence-corrected chi connectivity index (χ1v) is 8.63. The zero-order chi connectivity index (χ0) is 14.8. The summed E-state index contributed by atoms with van der Waals surface area (Å²) in [5, 5.41) is 0. The molecule has 0 spiro atoms. The van der Waals surface area contributed by atoms with Crippen LogP contribution in [0.3, 0.4) is 0 Å². The quantitative estimate of drug-likeness (QED) is 0.672. The molecule has 2 aromatic rings. The van der Waals surface area contributed by atoms with Gasteiger partial charge in [0.25, 0.3) is 0 Å². The van der Waals surface area contributed by atoms with Gasteiger partial charge in [-0.1, -0.05) is 66.2 Å². The Labute approximate surface area is 135 Å². The molecule has 1 aliphatic rings. The molecule has 0 aromatic heterocycles. The van der Waals surface area contributed by atoms with E-state index in [9.17, 15) is 0 Å². The van der Waals surface area contributed by atoms with Crippen LogP contribution >= 0.6 is 15.9 Å². The average Bonchev–Trinajstić information content (AvgIpc) is 2.97. The van der Waals surface area contributed by atoms with Crippen molar-refractivity contribution in [3.8, 4) is 5.75 Å². The molecule has 0 saturated heterocycles. The Hall–Kier alpha value is -1.28. The number of fused-ring (bicyclic) bond motifs is 1. The van der Waals surface area contributed by atoms with Gasteiger partial charge in [-0.25, -0.2) is 0 Å². The van der Waals surface area contributed by atoms with Crippen molar-refractivity contribution < 1.29 is 4.74 Å². The number of aryl methyl sites for hydroxylation is 2. The molecule has 0 amide bonds. The van der Waals surface area contributed by atoms with Gasteiger partial charge in [0, 0.05) is 11.5 Å². The van der Waals surface area contributed by atoms with E-state index in [1.807, 2.05) is 6.07 Å². The summed E-state index contributed by atoms with van der Waals surface area (Å²) in [7, 11) is 0. The van der Waals surface area contributed by atoms with Gasteiger partial charge in [0.1, 0.15) is 5.75 Å². The summed E-state index contributed by atoms with van der Waals surface area (Å²) in [5.41, 5.74) is 5.57. The highest BCUT2D eigenvalue weighted by atomic mass is 79.9. The summed E-state index contributed by atoms with van der Waals surface area (Å²) < 4.78 is 5.85. The van der Waals surface area contributed by atoms with Crippen LogP contribution < -0.4 is 4.74 Å². The lowest BCUT2D eigenvalue weighted by molar-refractivity contribution is 0.329. The van der Waals surface area contributed by atoms with E-state index in [1.54, 1.807) is 0 Å². The molecule has 3 rings (SSSR count). The summed E-state index contributed by atoms with van der Waals surface area (Å²) in [5.74, 6) is 1.43. The lowest BCUT2D eigenvalue weighted by Crippen LogP contribution is -2.10. The Bertz CT molecular complexity index is 635. The summed E-state index contributed by atoms with van der Waals surface area (Å²) in [4.78, 5) is 0.308. The number of halogens is 1. The standard InChI is InChI=1S/C19H21BrO/c1-3-13-9-10-14(4-2)16(11-13)19(20)17-12-21-18-8-6-5-7-15(17)18/h5-11,17,19H,3-4,12H2,1-2H3. The Kier molecular flexibility index (Phi) is 4.34. The van der Waals surface area contributed by atoms with E-state index in [4.69, 9.17) is 4.74 Å². The summed E-state index contributed by atoms with van der Waals surface area (Å²) in [6.45, 7) is 5.19. The SMILES string of the molecule is CCc1ccc(CC)c(C(Br)C2COc3ccccc32)c1. The number of para-hydroxylation sites is 1. The molecular weight excluding hydrogens is 324 g/mol. The first-order valence-electron chi connectivity index (χ1n) is 7.72. The van der Waals surface area contributed by atoms with Gasteiger partial charge < -0.3 is 4.74 Å². The molecule has 0 aliphatic carbocycles. The monoisotopic (exact) mass is 344 g/mol. The minimum atomic E-state index is 0.308. The summed E-state index contributed by atoms with van der Waals surface area (Å²) in [6.07, 6.45) is 2.14. The molecule has 1 nitrogen and oxygen atoms in total. The Morgan fingerprint density at radius 2 is 1.95 bits per heavy atom. The van der Waals surface area contributed by atoms with Gasteiger partial charge in [-0.3, -0.25) is 0 Å². The maximum Gasteiger partial charge on any atom is 0.122 e. The number of ether oxygens (including phenoxy) is 1. The molecule has 0 bridgehead atoms. The molecule has 2 aromatic carbocycles. The molecule has 0 saturated carbocycles. The highest BCUT2D eigenvalue weighted by Gasteiger charge is 2.31. The molecule has 0 radical (unpaired) electrons. The van der Waals surface area contributed by atoms with Gasteiger partial charge in [0.2, 0.25) is 0 Å². The second-order valence-corrected chi connectivity index (χ2v) is 6.58. The van der Waals surface area contributed by atoms with E-state index in [0.717, 1.165) is 25.2 Å². The van der Waals surface area contributed by atoms with Gasteiger partial charge in [0.05, 0.1) is 11.4 Å². The molecule has 2 unspecified atom stereocenters. The molecule has 0 N–H and O–H groups in total. The van der Waals surface area contributed by atoms with Crippen molar-refractivity contribution in [1.82, 2.24) is 0 Å². The smallest absolute Gasteiger partial charge is 0.122 e. The summed E-state index contributed by atoms with van der Waals surface area (Å²) >= 11 is 3.96. The van der Waals surface area contributed by atoms with Crippen molar-refractivity contribution in [2.24, 2.45) is 0 Å². The predicted octanol–water partition coefficient (Wildman–Crippen LogP) is 5.42. The molecule has 21 heavy (non-hydrogen) atoms. The fourth-order valence-corrected chi connectivity index (χ4v) is 3.95. The van der Waals surface area contributed by atoms with Crippen molar-refractivity contribution in [2.75, 3.05) is 6.61 Å². The van der Waals surface area contributed by atoms with Crippen LogP contribution in [0.5, 0.6) is 5.75 Å². The number of hydrogen-bond donors (Lipinski definition) is 0. The van der Waals surface area contributed by atoms with Crippen LogP contribution in [0.4, 0.5) is 0 Å². The molecular formula is C19H21BrO. The average molecular weight is 345 g/mol. The second kappa shape index (κ2) is 6.23. The van der Waals surface area contributed by atoms with Crippen molar-refractivity contribution in [3.63, 3.8) is 0 Å². The molecule has 1 aliphatic heterocycles. The van der Waals surface area contributed by atoms with Crippen LogP contribution in [0.25, 0.3) is 0 Å². The number of rotatable bonds is 4. The Balaban J connectivity index is 1.97. The van der Waals surface area contributed by atoms with Crippen LogP contribution in [0.1, 0.15) is 46.8 Å². The lowest BCUT2D eigenvalue weighted by atomic mass is 9.89. The van der Waals surface area contributed by atoms with Crippen LogP contribution in [0.2, 0.25) is 0 Å². The maximum atomic E-state index is 5.85. The fourth-order valence-electron chi connectivity index (χ4n) is 3.09. The third-order valence-corrected chi connectivity index (χ3v) is 5.52. The first kappa shape index (κ1) is 14.6. The molecule has 110 valence electrons. The van der Waals surface area contributed by atoms with Crippen LogP contribution in [0.15, 0.2) is 42.5 Å². The van der Waals surface area contributed by atoms with Crippen molar-refractivity contribution in [2.45, 2.75) is 37.4 Å². The van der Waals surface area contributed by atoms with Crippen LogP contribution in [-0.2, 0) is 12.8 Å². The van der Waals surface area contributed by atoms with Gasteiger partial charge in [-0.2, -0.15) is 0 Å². The van der Waals surface area contributed by atoms with Crippen LogP contribution in [-0.4, -0.2) is 6.61 Å². The van der Waals surface area contributed by atoms with Gasteiger partial charge >= 0.3 is 0 Å². The molecule has 2 atom stereocenters. The molecule has 0 fully saturated rings. The minimum absolute atomic E-state index is 0.308. The third kappa shape index (κ3) is 2.74. The largest absolute Gasteiger partial charge is 0.493 e. The first-order chi connectivity index (χ1) is 10.2. The fraction of sp³-hybridized carbons (Fsp3) is 0.368. The van der Waals surface area contributed by atoms with Crippen molar-refractivity contribution >= 4 is 15.9 Å². The second-order valence-electron chi connectivity index (χ2n) is 5.60. The Morgan fingerprint density at radius 1 is 1.14 bits per heavy atom. The normalized spacial score (nSPS) is 18.1. The Morgan fingerprint density at radius 3 is 2.71 bits per heavy atom. The molecule has 2 heteroatoms. The van der Waals surface area contributed by atoms with Gasteiger partial charge in [0.15, 0.2) is 0 Å². The van der Waals surface area contributed by atoms with Crippen molar-refractivity contribution in [1.29, 1.82) is 0 Å². The van der Waals surface area contributed by atoms with E-state index in [0.29, 0.717) is 10.7 Å². The van der Waals surface area contributed by atoms with E-state index >= 15 is 0 Å². The predicted molar refractivity (Wildman–Crippen MR) is 91.5 cm³/mol. The van der Waals surface area contributed by atoms with E-state index < -0.39 is 0 Å². The van der Waals surface area contributed by atoms with E-state index in [-0.39, 0.29) is 0 Å². The van der Waals surface area contributed by atoms with E-state index in [1.165, 1.54) is 22.3 Å². The zero-order valence-corrected chi connectivity index (χ0v) is 14.2. The number of hydrogen-bond acceptors (Lipinski definition) is 1. The van der Waals surface area contributed by atoms with Crippen molar-refractivity contribution in [3.05, 3.63) is 64.7 Å². The maximum absolute atomic E-state index is 5.85. The zero-order valence-electron chi connectivity index (χ0n) is 12.6. The molecule has 1 heterocycles. The number of alkyl halides is 1. The van der Waals surface area contributed by atoms with Gasteiger partial charge in [-0.15, -0.1) is 0 Å². The highest BCUT2D eigenvalue weighted by Crippen LogP contribution is 2.46. The van der Waals surface area contributed by atoms with Gasteiger partial charge in [-0.05, 0) is 35.6 Å². The minimum Gasteiger partial charge on any atom is -0.493 e. The number of benzene rings is 2. The van der Waals surface area contributed by atoms with Crippen LogP contribution in [0, 0.1) is 0 Å². The van der Waals surface area contributed by atoms with E-state index in [2.05, 4.69) is 66.2 Å². The topological polar surface area (TPSA) is 9.23 Å². The highest BCUT2D eigenvalue weighted by molar-refractivity contribution is 9.09. The summed E-state index contributed by atoms with van der Waals surface area (Å²) in [6, 6.07) is 15.3. The lowest BCUT2D eigenvalue weighted by Gasteiger charge is -2.21.